The Morgan fingerprint density at radius 3 is 2.67 bits per heavy atom. The van der Waals surface area contributed by atoms with Gasteiger partial charge in [0.25, 0.3) is 0 Å². The van der Waals surface area contributed by atoms with Crippen LogP contribution in [0.4, 0.5) is 10.1 Å². The Kier molecular flexibility index (Phi) is 3.77. The molecule has 4 heteroatoms. The van der Waals surface area contributed by atoms with E-state index in [1.807, 2.05) is 31.2 Å². The maximum absolute atomic E-state index is 13.8. The lowest BCUT2D eigenvalue weighted by Crippen LogP contribution is -1.94. The van der Waals surface area contributed by atoms with E-state index in [9.17, 15) is 4.39 Å². The molecule has 94 valence electrons. The van der Waals surface area contributed by atoms with Crippen molar-refractivity contribution in [2.75, 3.05) is 12.8 Å². The Labute approximate surface area is 110 Å². The predicted octanol–water partition coefficient (Wildman–Crippen LogP) is 3.88. The molecule has 2 aromatic carbocycles. The summed E-state index contributed by atoms with van der Waals surface area (Å²) in [5.41, 5.74) is 7.09. The fourth-order valence-corrected chi connectivity index (χ4v) is 2.58. The summed E-state index contributed by atoms with van der Waals surface area (Å²) in [4.78, 5) is 1.49. The summed E-state index contributed by atoms with van der Waals surface area (Å²) in [6.45, 7) is 2.00. The van der Waals surface area contributed by atoms with Crippen LogP contribution in [0.5, 0.6) is 5.75 Å². The van der Waals surface area contributed by atoms with Crippen molar-refractivity contribution in [2.45, 2.75) is 16.7 Å². The third kappa shape index (κ3) is 2.76. The highest BCUT2D eigenvalue weighted by molar-refractivity contribution is 7.99. The third-order valence-corrected chi connectivity index (χ3v) is 3.52. The van der Waals surface area contributed by atoms with Gasteiger partial charge in [-0.1, -0.05) is 29.5 Å². The van der Waals surface area contributed by atoms with Gasteiger partial charge in [0.15, 0.2) is 0 Å². The Morgan fingerprint density at radius 2 is 2.00 bits per heavy atom. The maximum atomic E-state index is 13.8. The van der Waals surface area contributed by atoms with Gasteiger partial charge in [0.1, 0.15) is 11.6 Å². The van der Waals surface area contributed by atoms with Gasteiger partial charge in [0.05, 0.1) is 17.7 Å². The van der Waals surface area contributed by atoms with Crippen LogP contribution in [0.1, 0.15) is 5.56 Å². The van der Waals surface area contributed by atoms with E-state index in [2.05, 4.69) is 0 Å². The highest BCUT2D eigenvalue weighted by Gasteiger charge is 2.09. The van der Waals surface area contributed by atoms with Gasteiger partial charge in [-0.2, -0.15) is 0 Å². The van der Waals surface area contributed by atoms with Gasteiger partial charge in [0, 0.05) is 11.0 Å². The maximum Gasteiger partial charge on any atom is 0.143 e. The third-order valence-electron chi connectivity index (χ3n) is 2.50. The second-order valence-corrected chi connectivity index (χ2v) is 5.06. The molecule has 0 aromatic heterocycles. The highest BCUT2D eigenvalue weighted by Crippen LogP contribution is 2.35. The zero-order chi connectivity index (χ0) is 13.1. The minimum Gasteiger partial charge on any atom is -0.495 e. The lowest BCUT2D eigenvalue weighted by molar-refractivity contribution is 0.414. The van der Waals surface area contributed by atoms with Crippen molar-refractivity contribution in [2.24, 2.45) is 0 Å². The van der Waals surface area contributed by atoms with Crippen LogP contribution in [0, 0.1) is 12.7 Å². The number of ether oxygens (including phenoxy) is 1. The van der Waals surface area contributed by atoms with Crippen LogP contribution in [0.2, 0.25) is 0 Å². The summed E-state index contributed by atoms with van der Waals surface area (Å²) in [5.74, 6) is 0.159. The van der Waals surface area contributed by atoms with E-state index < -0.39 is 0 Å². The van der Waals surface area contributed by atoms with Crippen LogP contribution in [0.25, 0.3) is 0 Å². The van der Waals surface area contributed by atoms with Crippen LogP contribution in [0.3, 0.4) is 0 Å². The molecule has 2 aromatic rings. The monoisotopic (exact) mass is 263 g/mol. The number of rotatable bonds is 3. The first kappa shape index (κ1) is 12.8. The molecule has 0 aliphatic carbocycles. The molecule has 0 fully saturated rings. The standard InChI is InChI=1S/C14H14FNOS/c1-9-4-3-5-10(6-9)18-14-8-13(17-2)12(16)7-11(14)15/h3-8H,16H2,1-2H3. The second-order valence-electron chi connectivity index (χ2n) is 3.94. The van der Waals surface area contributed by atoms with Crippen molar-refractivity contribution in [3.63, 3.8) is 0 Å². The van der Waals surface area contributed by atoms with Crippen LogP contribution >= 0.6 is 11.8 Å². The van der Waals surface area contributed by atoms with Gasteiger partial charge in [-0.05, 0) is 25.1 Å². The molecule has 0 radical (unpaired) electrons. The predicted molar refractivity (Wildman–Crippen MR) is 72.7 cm³/mol. The Bertz CT molecular complexity index is 572. The molecule has 2 nitrogen and oxygen atoms in total. The molecule has 0 spiro atoms. The number of hydrogen-bond donors (Lipinski definition) is 1. The Hall–Kier alpha value is -1.68. The molecule has 0 aliphatic heterocycles. The largest absolute Gasteiger partial charge is 0.495 e. The average Bonchev–Trinajstić information content (AvgIpc) is 2.33. The lowest BCUT2D eigenvalue weighted by Gasteiger charge is -2.09. The first-order valence-corrected chi connectivity index (χ1v) is 6.29. The van der Waals surface area contributed by atoms with Gasteiger partial charge < -0.3 is 10.5 Å². The number of aryl methyl sites for hydroxylation is 1. The Morgan fingerprint density at radius 1 is 1.22 bits per heavy atom. The van der Waals surface area contributed by atoms with Crippen LogP contribution in [0.15, 0.2) is 46.2 Å². The molecule has 18 heavy (non-hydrogen) atoms. The molecule has 0 saturated carbocycles. The van der Waals surface area contributed by atoms with E-state index in [0.717, 1.165) is 10.5 Å². The SMILES string of the molecule is COc1cc(Sc2cccc(C)c2)c(F)cc1N. The molecule has 0 aliphatic rings. The zero-order valence-electron chi connectivity index (χ0n) is 10.2. The van der Waals surface area contributed by atoms with Gasteiger partial charge in [-0.3, -0.25) is 0 Å². The van der Waals surface area contributed by atoms with Crippen molar-refractivity contribution in [3.8, 4) is 5.75 Å². The quantitative estimate of drug-likeness (QED) is 0.854. The van der Waals surface area contributed by atoms with Gasteiger partial charge in [-0.25, -0.2) is 4.39 Å². The number of benzene rings is 2. The van der Waals surface area contributed by atoms with E-state index in [0.29, 0.717) is 16.3 Å². The topological polar surface area (TPSA) is 35.2 Å². The smallest absolute Gasteiger partial charge is 0.143 e. The molecule has 2 rings (SSSR count). The molecule has 2 N–H and O–H groups in total. The summed E-state index contributed by atoms with van der Waals surface area (Å²) in [5, 5.41) is 0. The van der Waals surface area contributed by atoms with Crippen molar-refractivity contribution < 1.29 is 9.13 Å². The molecule has 0 saturated heterocycles. The van der Waals surface area contributed by atoms with E-state index in [-0.39, 0.29) is 5.82 Å². The number of halogens is 1. The van der Waals surface area contributed by atoms with Crippen LogP contribution < -0.4 is 10.5 Å². The fraction of sp³-hybridized carbons (Fsp3) is 0.143. The zero-order valence-corrected chi connectivity index (χ0v) is 11.1. The molecule has 0 atom stereocenters. The molecule has 0 bridgehead atoms. The normalized spacial score (nSPS) is 10.4. The van der Waals surface area contributed by atoms with Crippen molar-refractivity contribution in [1.82, 2.24) is 0 Å². The molecule has 0 unspecified atom stereocenters. The number of hydrogen-bond acceptors (Lipinski definition) is 3. The van der Waals surface area contributed by atoms with Crippen molar-refractivity contribution in [1.29, 1.82) is 0 Å². The fourth-order valence-electron chi connectivity index (χ4n) is 1.61. The van der Waals surface area contributed by atoms with Crippen molar-refractivity contribution in [3.05, 3.63) is 47.8 Å². The summed E-state index contributed by atoms with van der Waals surface area (Å²) < 4.78 is 18.9. The van der Waals surface area contributed by atoms with E-state index in [1.54, 1.807) is 6.07 Å². The minimum atomic E-state index is -0.334. The number of nitrogen functional groups attached to an aromatic ring is 1. The van der Waals surface area contributed by atoms with E-state index in [1.165, 1.54) is 24.9 Å². The summed E-state index contributed by atoms with van der Waals surface area (Å²) in [6.07, 6.45) is 0. The number of anilines is 1. The summed E-state index contributed by atoms with van der Waals surface area (Å²) in [6, 6.07) is 10.8. The van der Waals surface area contributed by atoms with Crippen molar-refractivity contribution >= 4 is 17.4 Å². The lowest BCUT2D eigenvalue weighted by atomic mass is 10.2. The molecule has 0 heterocycles. The van der Waals surface area contributed by atoms with Gasteiger partial charge in [-0.15, -0.1) is 0 Å². The minimum absolute atomic E-state index is 0.309. The average molecular weight is 263 g/mol. The van der Waals surface area contributed by atoms with Crippen LogP contribution in [-0.4, -0.2) is 7.11 Å². The summed E-state index contributed by atoms with van der Waals surface area (Å²) >= 11 is 1.36. The number of methoxy groups -OCH3 is 1. The summed E-state index contributed by atoms with van der Waals surface area (Å²) in [7, 11) is 1.52. The first-order chi connectivity index (χ1) is 8.60. The van der Waals surface area contributed by atoms with Crippen LogP contribution in [-0.2, 0) is 0 Å². The second kappa shape index (κ2) is 5.31. The first-order valence-electron chi connectivity index (χ1n) is 5.47. The molecular weight excluding hydrogens is 249 g/mol. The van der Waals surface area contributed by atoms with Gasteiger partial charge >= 0.3 is 0 Å². The molecular formula is C14H14FNOS. The van der Waals surface area contributed by atoms with E-state index >= 15 is 0 Å². The van der Waals surface area contributed by atoms with Gasteiger partial charge in [0.2, 0.25) is 0 Å². The Balaban J connectivity index is 2.34. The van der Waals surface area contributed by atoms with E-state index in [4.69, 9.17) is 10.5 Å². The highest BCUT2D eigenvalue weighted by atomic mass is 32.2. The molecule has 0 amide bonds. The number of nitrogens with two attached hydrogens (primary N) is 1.